The van der Waals surface area contributed by atoms with Crippen molar-refractivity contribution in [2.45, 2.75) is 0 Å². The van der Waals surface area contributed by atoms with Crippen LogP contribution in [0.25, 0.3) is 94.3 Å². The molecule has 1 aromatic heterocycles. The summed E-state index contributed by atoms with van der Waals surface area (Å²) in [5, 5.41) is 2.42. The maximum absolute atomic E-state index is 2.45. The van der Waals surface area contributed by atoms with E-state index in [0.29, 0.717) is 0 Å². The number of aromatic nitrogens is 1. The van der Waals surface area contributed by atoms with Gasteiger partial charge < -0.3 is 9.47 Å². The van der Waals surface area contributed by atoms with Crippen LogP contribution in [0.3, 0.4) is 0 Å². The lowest BCUT2D eigenvalue weighted by molar-refractivity contribution is 1.18. The van der Waals surface area contributed by atoms with Crippen LogP contribution in [-0.4, -0.2) is 4.57 Å². The Hall–Kier alpha value is -8.98. The molecule has 320 valence electrons. The molecule has 0 saturated heterocycles. The summed E-state index contributed by atoms with van der Waals surface area (Å²) in [6.07, 6.45) is 0. The SMILES string of the molecule is c1ccc(-c2ccccc2-c2cccc(-n3c4ccccc4c4ccc(N(c5ccccc5)c5ccc(-c6ccccc6-c6ccccc6)cc5-c5ccccc5-c5ccccc5)cc43)c2)cc1. The third-order valence-corrected chi connectivity index (χ3v) is 13.2. The lowest BCUT2D eigenvalue weighted by Gasteiger charge is -2.29. The van der Waals surface area contributed by atoms with E-state index in [-0.39, 0.29) is 0 Å². The summed E-state index contributed by atoms with van der Waals surface area (Å²) in [5.41, 5.74) is 20.8. The molecule has 0 N–H and O–H groups in total. The molecule has 0 atom stereocenters. The summed E-state index contributed by atoms with van der Waals surface area (Å²) < 4.78 is 2.45. The van der Waals surface area contributed by atoms with E-state index in [1.54, 1.807) is 0 Å². The Labute approximate surface area is 397 Å². The molecule has 12 rings (SSSR count). The molecule has 0 unspecified atom stereocenters. The lowest BCUT2D eigenvalue weighted by Crippen LogP contribution is -2.11. The topological polar surface area (TPSA) is 8.17 Å². The third-order valence-electron chi connectivity index (χ3n) is 13.2. The molecule has 0 aliphatic rings. The van der Waals surface area contributed by atoms with Gasteiger partial charge in [-0.15, -0.1) is 0 Å². The zero-order valence-electron chi connectivity index (χ0n) is 37.5. The second kappa shape index (κ2) is 17.8. The van der Waals surface area contributed by atoms with Gasteiger partial charge in [-0.2, -0.15) is 0 Å². The number of para-hydroxylation sites is 2. The highest BCUT2D eigenvalue weighted by molar-refractivity contribution is 6.11. The third kappa shape index (κ3) is 7.45. The fourth-order valence-corrected chi connectivity index (χ4v) is 10.1. The van der Waals surface area contributed by atoms with Gasteiger partial charge in [0, 0.05) is 33.4 Å². The highest BCUT2D eigenvalue weighted by atomic mass is 15.1. The molecule has 1 heterocycles. The van der Waals surface area contributed by atoms with Crippen molar-refractivity contribution in [2.75, 3.05) is 4.90 Å². The molecule has 12 aromatic rings. The molecule has 0 radical (unpaired) electrons. The molecule has 68 heavy (non-hydrogen) atoms. The van der Waals surface area contributed by atoms with E-state index in [0.717, 1.165) is 45.0 Å². The molecule has 2 nitrogen and oxygen atoms in total. The number of benzene rings is 11. The van der Waals surface area contributed by atoms with Crippen molar-refractivity contribution in [1.29, 1.82) is 0 Å². The van der Waals surface area contributed by atoms with E-state index < -0.39 is 0 Å². The lowest BCUT2D eigenvalue weighted by atomic mass is 9.89. The standard InChI is InChI=1S/C66H46N2/c1-5-22-47(23-6-1)55-32-13-15-35-58(55)50-28-21-31-53(44-50)68-64-39-20-19-38-61(64)62-42-41-54(46-66(62)68)67(52-29-11-4-12-30-52)65-43-40-51(59-36-16-14-33-56(59)48-24-7-2-8-25-48)45-63(65)60-37-18-17-34-57(60)49-26-9-3-10-27-49/h1-46H. The van der Waals surface area contributed by atoms with Gasteiger partial charge in [-0.05, 0) is 116 Å². The summed E-state index contributed by atoms with van der Waals surface area (Å²) in [6.45, 7) is 0. The van der Waals surface area contributed by atoms with E-state index in [1.807, 2.05) is 0 Å². The Balaban J connectivity index is 1.08. The summed E-state index contributed by atoms with van der Waals surface area (Å²) in [7, 11) is 0. The zero-order valence-corrected chi connectivity index (χ0v) is 37.5. The zero-order chi connectivity index (χ0) is 45.2. The Morgan fingerprint density at radius 3 is 1.26 bits per heavy atom. The van der Waals surface area contributed by atoms with Gasteiger partial charge in [0.05, 0.1) is 16.7 Å². The van der Waals surface area contributed by atoms with Crippen LogP contribution in [0, 0.1) is 0 Å². The predicted molar refractivity (Wildman–Crippen MR) is 288 cm³/mol. The first-order valence-corrected chi connectivity index (χ1v) is 23.3. The minimum atomic E-state index is 1.06. The number of rotatable bonds is 10. The first-order valence-electron chi connectivity index (χ1n) is 23.3. The predicted octanol–water partition coefficient (Wildman–Crippen LogP) is 18.3. The summed E-state index contributed by atoms with van der Waals surface area (Å²) in [6, 6.07) is 101. The maximum atomic E-state index is 2.45. The molecule has 0 saturated carbocycles. The van der Waals surface area contributed by atoms with Gasteiger partial charge in [-0.25, -0.2) is 0 Å². The van der Waals surface area contributed by atoms with Crippen molar-refractivity contribution in [3.8, 4) is 72.4 Å². The van der Waals surface area contributed by atoms with E-state index in [2.05, 4.69) is 289 Å². The minimum Gasteiger partial charge on any atom is -0.310 e. The van der Waals surface area contributed by atoms with Gasteiger partial charge in [-0.3, -0.25) is 0 Å². The van der Waals surface area contributed by atoms with Gasteiger partial charge >= 0.3 is 0 Å². The average molecular weight is 867 g/mol. The molecule has 2 heteroatoms. The molecule has 0 aliphatic carbocycles. The Morgan fingerprint density at radius 1 is 0.235 bits per heavy atom. The van der Waals surface area contributed by atoms with Gasteiger partial charge in [0.15, 0.2) is 0 Å². The van der Waals surface area contributed by atoms with Crippen LogP contribution in [0.2, 0.25) is 0 Å². The molecule has 0 amide bonds. The minimum absolute atomic E-state index is 1.06. The molecular weight excluding hydrogens is 821 g/mol. The second-order valence-electron chi connectivity index (χ2n) is 17.2. The van der Waals surface area contributed by atoms with E-state index in [1.165, 1.54) is 66.4 Å². The number of fused-ring (bicyclic) bond motifs is 3. The highest BCUT2D eigenvalue weighted by Crippen LogP contribution is 2.47. The van der Waals surface area contributed by atoms with Crippen molar-refractivity contribution < 1.29 is 0 Å². The first-order chi connectivity index (χ1) is 33.8. The van der Waals surface area contributed by atoms with E-state index in [4.69, 9.17) is 0 Å². The monoisotopic (exact) mass is 866 g/mol. The van der Waals surface area contributed by atoms with Crippen LogP contribution in [0.4, 0.5) is 17.1 Å². The van der Waals surface area contributed by atoms with Crippen LogP contribution < -0.4 is 4.90 Å². The van der Waals surface area contributed by atoms with Crippen LogP contribution in [-0.2, 0) is 0 Å². The van der Waals surface area contributed by atoms with E-state index >= 15 is 0 Å². The molecule has 0 spiro atoms. The Bertz CT molecular complexity index is 3720. The Morgan fingerprint density at radius 2 is 0.676 bits per heavy atom. The molecule has 0 aliphatic heterocycles. The van der Waals surface area contributed by atoms with Crippen LogP contribution in [0.1, 0.15) is 0 Å². The van der Waals surface area contributed by atoms with Gasteiger partial charge in [0.25, 0.3) is 0 Å². The quantitative estimate of drug-likeness (QED) is 0.133. The van der Waals surface area contributed by atoms with Crippen LogP contribution in [0.15, 0.2) is 279 Å². The van der Waals surface area contributed by atoms with Crippen LogP contribution >= 0.6 is 0 Å². The van der Waals surface area contributed by atoms with Crippen molar-refractivity contribution in [3.05, 3.63) is 279 Å². The van der Waals surface area contributed by atoms with Crippen molar-refractivity contribution in [2.24, 2.45) is 0 Å². The summed E-state index contributed by atoms with van der Waals surface area (Å²) in [5.74, 6) is 0. The molecule has 0 fully saturated rings. The number of hydrogen-bond donors (Lipinski definition) is 0. The number of anilines is 3. The first kappa shape index (κ1) is 40.5. The number of hydrogen-bond acceptors (Lipinski definition) is 1. The number of nitrogens with zero attached hydrogens (tertiary/aromatic N) is 2. The maximum Gasteiger partial charge on any atom is 0.0561 e. The fraction of sp³-hybridized carbons (Fsp3) is 0. The van der Waals surface area contributed by atoms with Gasteiger partial charge in [0.1, 0.15) is 0 Å². The highest BCUT2D eigenvalue weighted by Gasteiger charge is 2.23. The average Bonchev–Trinajstić information content (AvgIpc) is 3.76. The Kier molecular flexibility index (Phi) is 10.6. The van der Waals surface area contributed by atoms with Crippen molar-refractivity contribution in [3.63, 3.8) is 0 Å². The molecule has 11 aromatic carbocycles. The van der Waals surface area contributed by atoms with Gasteiger partial charge in [0.2, 0.25) is 0 Å². The summed E-state index contributed by atoms with van der Waals surface area (Å²) in [4.78, 5) is 2.44. The normalized spacial score (nSPS) is 11.2. The largest absolute Gasteiger partial charge is 0.310 e. The molecule has 0 bridgehead atoms. The second-order valence-corrected chi connectivity index (χ2v) is 17.2. The van der Waals surface area contributed by atoms with Crippen molar-refractivity contribution >= 4 is 38.9 Å². The molecular formula is C66H46N2. The van der Waals surface area contributed by atoms with Crippen LogP contribution in [0.5, 0.6) is 0 Å². The fourth-order valence-electron chi connectivity index (χ4n) is 10.1. The summed E-state index contributed by atoms with van der Waals surface area (Å²) >= 11 is 0. The smallest absolute Gasteiger partial charge is 0.0561 e. The van der Waals surface area contributed by atoms with E-state index in [9.17, 15) is 0 Å². The van der Waals surface area contributed by atoms with Gasteiger partial charge in [-0.1, -0.05) is 224 Å². The van der Waals surface area contributed by atoms with Crippen molar-refractivity contribution in [1.82, 2.24) is 4.57 Å².